The molecule has 0 aliphatic carbocycles. The molecule has 0 saturated carbocycles. The normalized spacial score (nSPS) is 12.4. The minimum Gasteiger partial charge on any atom is -0.507 e. The standard InChI is InChI=1S/C21H13F3O4S/c22-21(23,24)29(26,27)28-18-12-10-14-6-2-4-8-16(14)20(18)19-15-7-3-1-5-13(15)9-11-17(19)25/h1-12,25H. The van der Waals surface area contributed by atoms with Crippen LogP contribution in [0.25, 0.3) is 32.7 Å². The van der Waals surface area contributed by atoms with Gasteiger partial charge in [-0.15, -0.1) is 0 Å². The Labute approximate surface area is 163 Å². The van der Waals surface area contributed by atoms with Crippen molar-refractivity contribution in [1.29, 1.82) is 0 Å². The lowest BCUT2D eigenvalue weighted by atomic mass is 9.92. The van der Waals surface area contributed by atoms with Crippen LogP contribution in [0.2, 0.25) is 0 Å². The fraction of sp³-hybridized carbons (Fsp3) is 0.0476. The van der Waals surface area contributed by atoms with Gasteiger partial charge in [-0.25, -0.2) is 0 Å². The van der Waals surface area contributed by atoms with Crippen molar-refractivity contribution in [3.05, 3.63) is 72.8 Å². The quantitative estimate of drug-likeness (QED) is 0.348. The Bertz CT molecular complexity index is 1350. The summed E-state index contributed by atoms with van der Waals surface area (Å²) < 4.78 is 66.7. The van der Waals surface area contributed by atoms with E-state index in [2.05, 4.69) is 4.18 Å². The zero-order valence-corrected chi connectivity index (χ0v) is 15.5. The third-order valence-electron chi connectivity index (χ3n) is 4.53. The van der Waals surface area contributed by atoms with Gasteiger partial charge in [-0.05, 0) is 33.7 Å². The molecule has 0 radical (unpaired) electrons. The van der Waals surface area contributed by atoms with E-state index in [0.717, 1.165) is 11.5 Å². The summed E-state index contributed by atoms with van der Waals surface area (Å²) in [5.74, 6) is -0.734. The molecule has 8 heteroatoms. The maximum absolute atomic E-state index is 12.9. The second kappa shape index (κ2) is 6.66. The van der Waals surface area contributed by atoms with E-state index in [0.29, 0.717) is 16.2 Å². The number of rotatable bonds is 3. The van der Waals surface area contributed by atoms with Crippen molar-refractivity contribution in [3.63, 3.8) is 0 Å². The van der Waals surface area contributed by atoms with Crippen LogP contribution < -0.4 is 4.18 Å². The lowest BCUT2D eigenvalue weighted by molar-refractivity contribution is -0.0499. The third-order valence-corrected chi connectivity index (χ3v) is 5.50. The Morgan fingerprint density at radius 1 is 0.724 bits per heavy atom. The maximum Gasteiger partial charge on any atom is 0.534 e. The van der Waals surface area contributed by atoms with E-state index in [9.17, 15) is 26.7 Å². The SMILES string of the molecule is O=S(=O)(Oc1ccc2ccccc2c1-c1c(O)ccc2ccccc12)C(F)(F)F. The number of fused-ring (bicyclic) bond motifs is 2. The number of hydrogen-bond acceptors (Lipinski definition) is 4. The third kappa shape index (κ3) is 3.25. The molecule has 148 valence electrons. The molecule has 1 N–H and O–H groups in total. The topological polar surface area (TPSA) is 63.6 Å². The lowest BCUT2D eigenvalue weighted by Gasteiger charge is -2.17. The fourth-order valence-electron chi connectivity index (χ4n) is 3.27. The second-order valence-electron chi connectivity index (χ2n) is 6.32. The number of aromatic hydroxyl groups is 1. The summed E-state index contributed by atoms with van der Waals surface area (Å²) in [4.78, 5) is 0. The van der Waals surface area contributed by atoms with Gasteiger partial charge in [-0.1, -0.05) is 60.7 Å². The largest absolute Gasteiger partial charge is 0.534 e. The average molecular weight is 418 g/mol. The molecule has 0 fully saturated rings. The molecular formula is C21H13F3O4S. The predicted octanol–water partition coefficient (Wildman–Crippen LogP) is 5.59. The summed E-state index contributed by atoms with van der Waals surface area (Å²) in [6.07, 6.45) is 0. The maximum atomic E-state index is 12.9. The van der Waals surface area contributed by atoms with Gasteiger partial charge in [0.15, 0.2) is 5.75 Å². The van der Waals surface area contributed by atoms with Crippen LogP contribution in [0.4, 0.5) is 13.2 Å². The average Bonchev–Trinajstić information content (AvgIpc) is 2.67. The van der Waals surface area contributed by atoms with Crippen LogP contribution in [-0.4, -0.2) is 19.0 Å². The highest BCUT2D eigenvalue weighted by Crippen LogP contribution is 2.45. The van der Waals surface area contributed by atoms with E-state index in [4.69, 9.17) is 0 Å². The molecule has 4 aromatic carbocycles. The summed E-state index contributed by atoms with van der Waals surface area (Å²) in [6, 6.07) is 19.4. The van der Waals surface area contributed by atoms with Crippen molar-refractivity contribution in [2.45, 2.75) is 5.51 Å². The van der Waals surface area contributed by atoms with Crippen LogP contribution in [-0.2, 0) is 10.1 Å². The monoisotopic (exact) mass is 418 g/mol. The molecule has 0 aliphatic rings. The Balaban J connectivity index is 2.10. The van der Waals surface area contributed by atoms with Crippen LogP contribution in [0.3, 0.4) is 0 Å². The van der Waals surface area contributed by atoms with Crippen LogP contribution in [0.1, 0.15) is 0 Å². The fourth-order valence-corrected chi connectivity index (χ4v) is 3.74. The first-order chi connectivity index (χ1) is 13.7. The summed E-state index contributed by atoms with van der Waals surface area (Å²) in [7, 11) is -5.90. The Hall–Kier alpha value is -3.26. The molecule has 4 nitrogen and oxygen atoms in total. The molecule has 0 aromatic heterocycles. The van der Waals surface area contributed by atoms with Crippen molar-refractivity contribution in [2.24, 2.45) is 0 Å². The van der Waals surface area contributed by atoms with Crippen LogP contribution >= 0.6 is 0 Å². The van der Waals surface area contributed by atoms with Crippen molar-refractivity contribution < 1.29 is 30.9 Å². The summed E-state index contributed by atoms with van der Waals surface area (Å²) in [5, 5.41) is 12.9. The van der Waals surface area contributed by atoms with Gasteiger partial charge in [0, 0.05) is 11.1 Å². The minimum atomic E-state index is -5.90. The summed E-state index contributed by atoms with van der Waals surface area (Å²) >= 11 is 0. The van der Waals surface area contributed by atoms with Crippen LogP contribution in [0.15, 0.2) is 72.8 Å². The van der Waals surface area contributed by atoms with Crippen LogP contribution in [0.5, 0.6) is 11.5 Å². The van der Waals surface area contributed by atoms with Gasteiger partial charge in [0.05, 0.1) is 0 Å². The predicted molar refractivity (Wildman–Crippen MR) is 104 cm³/mol. The van der Waals surface area contributed by atoms with E-state index in [1.165, 1.54) is 12.1 Å². The van der Waals surface area contributed by atoms with E-state index in [1.54, 1.807) is 54.6 Å². The highest BCUT2D eigenvalue weighted by Gasteiger charge is 2.49. The lowest BCUT2D eigenvalue weighted by Crippen LogP contribution is -2.28. The molecule has 4 aromatic rings. The van der Waals surface area contributed by atoms with Gasteiger partial charge in [-0.3, -0.25) is 0 Å². The first-order valence-electron chi connectivity index (χ1n) is 8.42. The Morgan fingerprint density at radius 3 is 1.83 bits per heavy atom. The number of phenolic OH excluding ortho intramolecular Hbond substituents is 1. The van der Waals surface area contributed by atoms with Gasteiger partial charge in [0.2, 0.25) is 0 Å². The van der Waals surface area contributed by atoms with E-state index < -0.39 is 21.4 Å². The summed E-state index contributed by atoms with van der Waals surface area (Å²) in [5.41, 5.74) is -5.34. The highest BCUT2D eigenvalue weighted by molar-refractivity contribution is 7.88. The molecule has 0 saturated heterocycles. The first kappa shape index (κ1) is 19.1. The molecular weight excluding hydrogens is 405 g/mol. The molecule has 0 atom stereocenters. The van der Waals surface area contributed by atoms with E-state index in [-0.39, 0.29) is 16.9 Å². The first-order valence-corrected chi connectivity index (χ1v) is 9.83. The van der Waals surface area contributed by atoms with Crippen molar-refractivity contribution >= 4 is 31.7 Å². The van der Waals surface area contributed by atoms with Gasteiger partial charge < -0.3 is 9.29 Å². The molecule has 0 spiro atoms. The Morgan fingerprint density at radius 2 is 1.24 bits per heavy atom. The molecule has 0 amide bonds. The van der Waals surface area contributed by atoms with Gasteiger partial charge in [0.25, 0.3) is 0 Å². The number of phenols is 1. The molecule has 29 heavy (non-hydrogen) atoms. The molecule has 0 aliphatic heterocycles. The molecule has 4 rings (SSSR count). The number of alkyl halides is 3. The number of halogens is 3. The van der Waals surface area contributed by atoms with Gasteiger partial charge in [0.1, 0.15) is 5.75 Å². The van der Waals surface area contributed by atoms with Crippen molar-refractivity contribution in [3.8, 4) is 22.6 Å². The minimum absolute atomic E-state index is 0.0604. The molecule has 0 bridgehead atoms. The van der Waals surface area contributed by atoms with E-state index in [1.807, 2.05) is 0 Å². The van der Waals surface area contributed by atoms with Gasteiger partial charge >= 0.3 is 15.6 Å². The second-order valence-corrected chi connectivity index (χ2v) is 7.86. The zero-order valence-electron chi connectivity index (χ0n) is 14.6. The number of benzene rings is 4. The van der Waals surface area contributed by atoms with Crippen molar-refractivity contribution in [1.82, 2.24) is 0 Å². The molecule has 0 heterocycles. The van der Waals surface area contributed by atoms with Crippen molar-refractivity contribution in [2.75, 3.05) is 0 Å². The smallest absolute Gasteiger partial charge is 0.507 e. The Kier molecular flexibility index (Phi) is 4.38. The van der Waals surface area contributed by atoms with Crippen LogP contribution in [0, 0.1) is 0 Å². The van der Waals surface area contributed by atoms with E-state index >= 15 is 0 Å². The highest BCUT2D eigenvalue weighted by atomic mass is 32.2. The zero-order chi connectivity index (χ0) is 20.8. The summed E-state index contributed by atoms with van der Waals surface area (Å²) in [6.45, 7) is 0. The van der Waals surface area contributed by atoms with Gasteiger partial charge in [-0.2, -0.15) is 21.6 Å². The number of hydrogen-bond donors (Lipinski definition) is 1. The molecule has 0 unspecified atom stereocenters.